The van der Waals surface area contributed by atoms with Crippen molar-refractivity contribution in [3.05, 3.63) is 69.8 Å². The molecule has 0 radical (unpaired) electrons. The highest BCUT2D eigenvalue weighted by atomic mass is 16.6. The zero-order valence-corrected chi connectivity index (χ0v) is 14.7. The fourth-order valence-electron chi connectivity index (χ4n) is 2.21. The first-order valence-corrected chi connectivity index (χ1v) is 8.28. The lowest BCUT2D eigenvalue weighted by atomic mass is 9.99. The number of nitro groups is 1. The molecule has 26 heavy (non-hydrogen) atoms. The number of carbonyl (C=O) groups excluding carboxylic acids is 1. The molecule has 1 amide bonds. The summed E-state index contributed by atoms with van der Waals surface area (Å²) >= 11 is 0. The smallest absolute Gasteiger partial charge is 0.277 e. The lowest BCUT2D eigenvalue weighted by Crippen LogP contribution is -2.24. The number of hydrogen-bond donors (Lipinski definition) is 1. The van der Waals surface area contributed by atoms with Gasteiger partial charge in [-0.25, -0.2) is 5.43 Å². The van der Waals surface area contributed by atoms with Gasteiger partial charge in [0.1, 0.15) is 5.75 Å². The Kier molecular flexibility index (Phi) is 6.84. The molecule has 0 saturated heterocycles. The van der Waals surface area contributed by atoms with E-state index in [0.717, 1.165) is 6.42 Å². The van der Waals surface area contributed by atoms with Gasteiger partial charge in [0, 0.05) is 17.7 Å². The molecule has 0 aliphatic carbocycles. The summed E-state index contributed by atoms with van der Waals surface area (Å²) in [4.78, 5) is 22.0. The third-order valence-electron chi connectivity index (χ3n) is 3.92. The molecule has 2 aromatic rings. The van der Waals surface area contributed by atoms with Gasteiger partial charge >= 0.3 is 0 Å². The third-order valence-corrected chi connectivity index (χ3v) is 3.92. The maximum Gasteiger partial charge on any atom is 0.277 e. The van der Waals surface area contributed by atoms with Crippen molar-refractivity contribution in [2.75, 3.05) is 6.61 Å². The molecule has 2 rings (SSSR count). The summed E-state index contributed by atoms with van der Waals surface area (Å²) in [6, 6.07) is 13.6. The quantitative estimate of drug-likeness (QED) is 0.444. The number of hydrogen-bond acceptors (Lipinski definition) is 5. The van der Waals surface area contributed by atoms with E-state index in [1.165, 1.54) is 23.9 Å². The van der Waals surface area contributed by atoms with Crippen LogP contribution in [0, 0.1) is 10.1 Å². The molecular weight excluding hydrogens is 334 g/mol. The van der Waals surface area contributed by atoms with Gasteiger partial charge in [0.05, 0.1) is 11.1 Å². The number of rotatable bonds is 8. The van der Waals surface area contributed by atoms with Gasteiger partial charge < -0.3 is 4.74 Å². The van der Waals surface area contributed by atoms with Crippen molar-refractivity contribution in [1.29, 1.82) is 0 Å². The summed E-state index contributed by atoms with van der Waals surface area (Å²) < 4.78 is 5.41. The van der Waals surface area contributed by atoms with E-state index in [2.05, 4.69) is 24.4 Å². The number of non-ortho nitro benzene ring substituents is 1. The van der Waals surface area contributed by atoms with Crippen molar-refractivity contribution in [2.45, 2.75) is 26.2 Å². The first kappa shape index (κ1) is 19.1. The Balaban J connectivity index is 1.82. The Morgan fingerprint density at radius 3 is 2.69 bits per heavy atom. The van der Waals surface area contributed by atoms with E-state index < -0.39 is 10.8 Å². The van der Waals surface area contributed by atoms with Crippen LogP contribution in [0.2, 0.25) is 0 Å². The average molecular weight is 355 g/mol. The molecule has 0 heterocycles. The Labute approximate surface area is 151 Å². The third kappa shape index (κ3) is 5.70. The van der Waals surface area contributed by atoms with Crippen molar-refractivity contribution >= 4 is 17.8 Å². The summed E-state index contributed by atoms with van der Waals surface area (Å²) in [5.74, 6) is 0.669. The van der Waals surface area contributed by atoms with E-state index >= 15 is 0 Å². The summed E-state index contributed by atoms with van der Waals surface area (Å²) in [6.45, 7) is 4.12. The van der Waals surface area contributed by atoms with Gasteiger partial charge in [-0.15, -0.1) is 0 Å². The van der Waals surface area contributed by atoms with Crippen LogP contribution in [0.15, 0.2) is 53.6 Å². The highest BCUT2D eigenvalue weighted by Crippen LogP contribution is 2.21. The van der Waals surface area contributed by atoms with Crippen LogP contribution in [-0.2, 0) is 4.79 Å². The molecule has 0 fully saturated rings. The first-order valence-electron chi connectivity index (χ1n) is 8.28. The van der Waals surface area contributed by atoms with Crippen molar-refractivity contribution in [2.24, 2.45) is 5.10 Å². The minimum Gasteiger partial charge on any atom is -0.484 e. The van der Waals surface area contributed by atoms with E-state index in [-0.39, 0.29) is 12.3 Å². The van der Waals surface area contributed by atoms with Crippen LogP contribution in [0.1, 0.15) is 37.3 Å². The van der Waals surface area contributed by atoms with Gasteiger partial charge in [0.25, 0.3) is 11.6 Å². The number of nitro benzene ring substituents is 1. The average Bonchev–Trinajstić information content (AvgIpc) is 2.66. The van der Waals surface area contributed by atoms with Crippen LogP contribution in [0.4, 0.5) is 5.69 Å². The van der Waals surface area contributed by atoms with Crippen LogP contribution >= 0.6 is 0 Å². The molecule has 7 nitrogen and oxygen atoms in total. The van der Waals surface area contributed by atoms with Crippen LogP contribution in [-0.4, -0.2) is 23.7 Å². The van der Waals surface area contributed by atoms with Gasteiger partial charge in [-0.05, 0) is 30.0 Å². The molecule has 1 unspecified atom stereocenters. The minimum atomic E-state index is -0.490. The fourth-order valence-corrected chi connectivity index (χ4v) is 2.21. The molecule has 7 heteroatoms. The Morgan fingerprint density at radius 2 is 2.04 bits per heavy atom. The maximum atomic E-state index is 11.7. The number of hydrazone groups is 1. The van der Waals surface area contributed by atoms with Crippen molar-refractivity contribution in [3.63, 3.8) is 0 Å². The van der Waals surface area contributed by atoms with Crippen LogP contribution in [0.25, 0.3) is 0 Å². The number of amides is 1. The SMILES string of the molecule is CCC(C)c1ccc(OCC(=O)NN=Cc2cccc([N+](=O)[O-])c2)cc1. The Morgan fingerprint density at radius 1 is 1.31 bits per heavy atom. The molecule has 1 N–H and O–H groups in total. The fraction of sp³-hybridized carbons (Fsp3) is 0.263. The minimum absolute atomic E-state index is 0.0375. The van der Waals surface area contributed by atoms with Gasteiger partial charge in [-0.1, -0.05) is 38.1 Å². The predicted octanol–water partition coefficient (Wildman–Crippen LogP) is 3.64. The largest absolute Gasteiger partial charge is 0.484 e. The lowest BCUT2D eigenvalue weighted by molar-refractivity contribution is -0.384. The Hall–Kier alpha value is -3.22. The van der Waals surface area contributed by atoms with E-state index in [0.29, 0.717) is 17.2 Å². The molecule has 0 spiro atoms. The molecule has 1 atom stereocenters. The normalized spacial score (nSPS) is 11.9. The molecule has 0 aromatic heterocycles. The monoisotopic (exact) mass is 355 g/mol. The molecule has 2 aromatic carbocycles. The second-order valence-electron chi connectivity index (χ2n) is 5.81. The van der Waals surface area contributed by atoms with Crippen molar-refractivity contribution in [3.8, 4) is 5.75 Å². The summed E-state index contributed by atoms with van der Waals surface area (Å²) in [5.41, 5.74) is 4.03. The second kappa shape index (κ2) is 9.31. The number of nitrogens with one attached hydrogen (secondary N) is 1. The van der Waals surface area contributed by atoms with Crippen molar-refractivity contribution < 1.29 is 14.5 Å². The van der Waals surface area contributed by atoms with Crippen LogP contribution in [0.5, 0.6) is 5.75 Å². The van der Waals surface area contributed by atoms with E-state index in [4.69, 9.17) is 4.74 Å². The zero-order chi connectivity index (χ0) is 18.9. The first-order chi connectivity index (χ1) is 12.5. The zero-order valence-electron chi connectivity index (χ0n) is 14.7. The molecule has 0 bridgehead atoms. The Bertz CT molecular complexity index is 788. The van der Waals surface area contributed by atoms with E-state index in [1.807, 2.05) is 24.3 Å². The van der Waals surface area contributed by atoms with Gasteiger partial charge in [0.2, 0.25) is 0 Å². The van der Waals surface area contributed by atoms with Crippen molar-refractivity contribution in [1.82, 2.24) is 5.43 Å². The van der Waals surface area contributed by atoms with E-state index in [9.17, 15) is 14.9 Å². The number of ether oxygens (including phenoxy) is 1. The topological polar surface area (TPSA) is 93.8 Å². The summed E-state index contributed by atoms with van der Waals surface area (Å²) in [6.07, 6.45) is 2.40. The van der Waals surface area contributed by atoms with Crippen LogP contribution < -0.4 is 10.2 Å². The van der Waals surface area contributed by atoms with Gasteiger partial charge in [0.15, 0.2) is 6.61 Å². The molecule has 0 aliphatic heterocycles. The van der Waals surface area contributed by atoms with Gasteiger partial charge in [-0.2, -0.15) is 5.10 Å². The predicted molar refractivity (Wildman–Crippen MR) is 99.5 cm³/mol. The number of carbonyl (C=O) groups is 1. The number of nitrogens with zero attached hydrogens (tertiary/aromatic N) is 2. The van der Waals surface area contributed by atoms with E-state index in [1.54, 1.807) is 12.1 Å². The second-order valence-corrected chi connectivity index (χ2v) is 5.81. The number of benzene rings is 2. The highest BCUT2D eigenvalue weighted by molar-refractivity contribution is 5.83. The molecule has 0 aliphatic rings. The summed E-state index contributed by atoms with van der Waals surface area (Å²) in [5, 5.41) is 14.5. The lowest BCUT2D eigenvalue weighted by Gasteiger charge is -2.10. The molecular formula is C19H21N3O4. The van der Waals surface area contributed by atoms with Crippen LogP contribution in [0.3, 0.4) is 0 Å². The molecule has 136 valence electrons. The van der Waals surface area contributed by atoms with Gasteiger partial charge in [-0.3, -0.25) is 14.9 Å². The molecule has 0 saturated carbocycles. The highest BCUT2D eigenvalue weighted by Gasteiger charge is 2.06. The standard InChI is InChI=1S/C19H21N3O4/c1-3-14(2)16-7-9-18(10-8-16)26-13-19(23)21-20-12-15-5-4-6-17(11-15)22(24)25/h4-12,14H,3,13H2,1-2H3,(H,21,23). The maximum absolute atomic E-state index is 11.7. The summed E-state index contributed by atoms with van der Waals surface area (Å²) in [7, 11) is 0.